The fraction of sp³-hybridized carbons (Fsp3) is 0.333. The number of fused-ring (bicyclic) bond motifs is 1. The van der Waals surface area contributed by atoms with Gasteiger partial charge in [-0.05, 0) is 18.2 Å². The Balaban J connectivity index is 1.55. The smallest absolute Gasteiger partial charge is 0.229 e. The van der Waals surface area contributed by atoms with Crippen LogP contribution in [0.1, 0.15) is 17.2 Å². The number of benzene rings is 2. The first kappa shape index (κ1) is 22.0. The van der Waals surface area contributed by atoms with Crippen LogP contribution in [0.25, 0.3) is 6.08 Å². The second kappa shape index (κ2) is 8.37. The summed E-state index contributed by atoms with van der Waals surface area (Å²) >= 11 is 0. The number of phenols is 3. The molecule has 11 nitrogen and oxygen atoms in total. The first-order chi connectivity index (χ1) is 15.2. The van der Waals surface area contributed by atoms with Crippen LogP contribution in [0.4, 0.5) is 0 Å². The van der Waals surface area contributed by atoms with E-state index in [-0.39, 0.29) is 34.3 Å². The molecule has 2 aliphatic heterocycles. The van der Waals surface area contributed by atoms with Crippen molar-refractivity contribution in [2.45, 2.75) is 36.8 Å². The third kappa shape index (κ3) is 3.87. The number of aliphatic hydroxyl groups is 5. The summed E-state index contributed by atoms with van der Waals surface area (Å²) in [5, 5.41) is 79.3. The van der Waals surface area contributed by atoms with Crippen molar-refractivity contribution >= 4 is 6.08 Å². The van der Waals surface area contributed by atoms with Gasteiger partial charge in [-0.3, -0.25) is 0 Å². The molecular weight excluding hydrogens is 428 g/mol. The molecule has 2 aromatic rings. The molecule has 1 unspecified atom stereocenters. The summed E-state index contributed by atoms with van der Waals surface area (Å²) in [6, 6.07) is 6.34. The predicted molar refractivity (Wildman–Crippen MR) is 106 cm³/mol. The summed E-state index contributed by atoms with van der Waals surface area (Å²) < 4.78 is 16.3. The maximum atomic E-state index is 10.4. The molecule has 2 heterocycles. The fourth-order valence-corrected chi connectivity index (χ4v) is 3.58. The molecule has 4 rings (SSSR count). The van der Waals surface area contributed by atoms with Crippen LogP contribution >= 0.6 is 0 Å². The van der Waals surface area contributed by atoms with Crippen molar-refractivity contribution in [3.63, 3.8) is 0 Å². The summed E-state index contributed by atoms with van der Waals surface area (Å²) in [5.41, 5.74) is 0.481. The lowest BCUT2D eigenvalue weighted by molar-refractivity contribution is -0.277. The number of hydrogen-bond acceptors (Lipinski definition) is 11. The van der Waals surface area contributed by atoms with Gasteiger partial charge < -0.3 is 55.1 Å². The zero-order chi connectivity index (χ0) is 23.2. The van der Waals surface area contributed by atoms with Gasteiger partial charge >= 0.3 is 0 Å². The molecule has 32 heavy (non-hydrogen) atoms. The highest BCUT2D eigenvalue weighted by Gasteiger charge is 2.45. The Hall–Kier alpha value is -3.22. The van der Waals surface area contributed by atoms with Crippen LogP contribution in [0, 0.1) is 0 Å². The first-order valence-electron chi connectivity index (χ1n) is 9.63. The van der Waals surface area contributed by atoms with E-state index in [1.165, 1.54) is 30.3 Å². The van der Waals surface area contributed by atoms with E-state index in [4.69, 9.17) is 14.2 Å². The fourth-order valence-electron chi connectivity index (χ4n) is 3.58. The van der Waals surface area contributed by atoms with Crippen LogP contribution in [0.5, 0.6) is 28.7 Å². The van der Waals surface area contributed by atoms with Crippen LogP contribution in [0.2, 0.25) is 0 Å². The molecule has 8 N–H and O–H groups in total. The molecule has 6 atom stereocenters. The van der Waals surface area contributed by atoms with Gasteiger partial charge in [-0.15, -0.1) is 0 Å². The van der Waals surface area contributed by atoms with Crippen LogP contribution in [-0.4, -0.2) is 78.2 Å². The Bertz CT molecular complexity index is 1030. The Morgan fingerprint density at radius 2 is 1.62 bits per heavy atom. The number of ether oxygens (including phenoxy) is 3. The standard InChI is InChI=1S/C21H22O11/c22-7-16-17(27)18(28)19(29)21(32-16)31-14-2-1-8(3-12(14)25)20-13(26)6-10-11(24)4-9(23)5-15(10)30-20/h1-6,16-29H,7H2/t16-,17-,18-,19+,20?,21-/m1/s1. The Labute approximate surface area is 181 Å². The number of rotatable bonds is 4. The Morgan fingerprint density at radius 1 is 0.875 bits per heavy atom. The van der Waals surface area contributed by atoms with E-state index >= 15 is 0 Å². The van der Waals surface area contributed by atoms with Crippen molar-refractivity contribution < 1.29 is 55.1 Å². The normalized spacial score (nSPS) is 29.6. The van der Waals surface area contributed by atoms with Gasteiger partial charge in [-0.25, -0.2) is 0 Å². The van der Waals surface area contributed by atoms with Crippen LogP contribution in [-0.2, 0) is 4.74 Å². The van der Waals surface area contributed by atoms with Gasteiger partial charge in [0.1, 0.15) is 47.4 Å². The molecule has 172 valence electrons. The highest BCUT2D eigenvalue weighted by atomic mass is 16.7. The van der Waals surface area contributed by atoms with E-state index in [1.54, 1.807) is 0 Å². The molecule has 11 heteroatoms. The summed E-state index contributed by atoms with van der Waals surface area (Å²) in [5.74, 6) is -1.22. The van der Waals surface area contributed by atoms with Crippen molar-refractivity contribution in [2.24, 2.45) is 0 Å². The number of aliphatic hydroxyl groups excluding tert-OH is 5. The van der Waals surface area contributed by atoms with Crippen molar-refractivity contribution in [3.8, 4) is 28.7 Å². The van der Waals surface area contributed by atoms with E-state index in [0.29, 0.717) is 5.56 Å². The minimum absolute atomic E-state index is 0.117. The zero-order valence-corrected chi connectivity index (χ0v) is 16.4. The van der Waals surface area contributed by atoms with Crippen molar-refractivity contribution in [1.29, 1.82) is 0 Å². The van der Waals surface area contributed by atoms with E-state index in [2.05, 4.69) is 0 Å². The number of phenolic OH excluding ortho intramolecular Hbond substituents is 3. The Morgan fingerprint density at radius 3 is 2.31 bits per heavy atom. The van der Waals surface area contributed by atoms with Crippen LogP contribution < -0.4 is 9.47 Å². The second-order valence-corrected chi connectivity index (χ2v) is 7.49. The maximum absolute atomic E-state index is 10.4. The Kier molecular flexibility index (Phi) is 5.75. The van der Waals surface area contributed by atoms with Gasteiger partial charge in [0.15, 0.2) is 17.6 Å². The average molecular weight is 450 g/mol. The van der Waals surface area contributed by atoms with E-state index < -0.39 is 49.2 Å². The number of hydrogen-bond donors (Lipinski definition) is 8. The van der Waals surface area contributed by atoms with E-state index in [0.717, 1.165) is 6.07 Å². The monoisotopic (exact) mass is 450 g/mol. The molecule has 0 spiro atoms. The quantitative estimate of drug-likeness (QED) is 0.313. The summed E-state index contributed by atoms with van der Waals surface area (Å²) in [6.45, 7) is -0.632. The third-order valence-corrected chi connectivity index (χ3v) is 5.29. The van der Waals surface area contributed by atoms with Crippen LogP contribution in [0.15, 0.2) is 36.1 Å². The third-order valence-electron chi connectivity index (χ3n) is 5.29. The highest BCUT2D eigenvalue weighted by molar-refractivity contribution is 5.69. The summed E-state index contributed by atoms with van der Waals surface area (Å²) in [7, 11) is 0. The summed E-state index contributed by atoms with van der Waals surface area (Å²) in [6.07, 6.45) is -7.30. The van der Waals surface area contributed by atoms with Crippen molar-refractivity contribution in [1.82, 2.24) is 0 Å². The van der Waals surface area contributed by atoms with E-state index in [1.807, 2.05) is 0 Å². The van der Waals surface area contributed by atoms with Gasteiger partial charge in [0, 0.05) is 17.7 Å². The molecule has 0 bridgehead atoms. The molecule has 2 aliphatic rings. The molecule has 0 amide bonds. The SMILES string of the molecule is OC[C@H]1O[C@@H](Oc2ccc(C3Oc4cc(O)cc(O)c4C=C3O)cc2O)[C@@H](O)[C@H](O)[C@@H]1O. The molecule has 1 saturated heterocycles. The lowest BCUT2D eigenvalue weighted by Gasteiger charge is -2.39. The van der Waals surface area contributed by atoms with Crippen molar-refractivity contribution in [3.05, 3.63) is 47.2 Å². The van der Waals surface area contributed by atoms with Gasteiger partial charge in [0.05, 0.1) is 12.2 Å². The van der Waals surface area contributed by atoms with Gasteiger partial charge in [-0.1, -0.05) is 6.07 Å². The van der Waals surface area contributed by atoms with Crippen LogP contribution in [0.3, 0.4) is 0 Å². The topological polar surface area (TPSA) is 190 Å². The molecule has 0 aromatic heterocycles. The minimum atomic E-state index is -1.66. The second-order valence-electron chi connectivity index (χ2n) is 7.49. The van der Waals surface area contributed by atoms with Gasteiger partial charge in [0.2, 0.25) is 6.29 Å². The molecule has 0 aliphatic carbocycles. The molecule has 1 fully saturated rings. The molecule has 0 saturated carbocycles. The lowest BCUT2D eigenvalue weighted by atomic mass is 9.99. The van der Waals surface area contributed by atoms with Gasteiger partial charge in [0.25, 0.3) is 0 Å². The average Bonchev–Trinajstić information content (AvgIpc) is 2.75. The minimum Gasteiger partial charge on any atom is -0.508 e. The predicted octanol–water partition coefficient (Wildman–Crippen LogP) is 0.0147. The molecule has 0 radical (unpaired) electrons. The highest BCUT2D eigenvalue weighted by Crippen LogP contribution is 2.43. The maximum Gasteiger partial charge on any atom is 0.229 e. The zero-order valence-electron chi connectivity index (χ0n) is 16.4. The van der Waals surface area contributed by atoms with Gasteiger partial charge in [-0.2, -0.15) is 0 Å². The molecular formula is C21H22O11. The van der Waals surface area contributed by atoms with E-state index in [9.17, 15) is 40.9 Å². The number of aromatic hydroxyl groups is 3. The lowest BCUT2D eigenvalue weighted by Crippen LogP contribution is -2.60. The largest absolute Gasteiger partial charge is 0.508 e. The molecule has 2 aromatic carbocycles. The first-order valence-corrected chi connectivity index (χ1v) is 9.63. The van der Waals surface area contributed by atoms with Crippen molar-refractivity contribution in [2.75, 3.05) is 6.61 Å². The summed E-state index contributed by atoms with van der Waals surface area (Å²) in [4.78, 5) is 0.